The molecule has 0 unspecified atom stereocenters. The van der Waals surface area contributed by atoms with Crippen LogP contribution < -0.4 is 0 Å². The first-order valence-electron chi connectivity index (χ1n) is 4.27. The van der Waals surface area contributed by atoms with Crippen molar-refractivity contribution in [2.24, 2.45) is 0 Å². The van der Waals surface area contributed by atoms with E-state index < -0.39 is 0 Å². The highest BCUT2D eigenvalue weighted by molar-refractivity contribution is 7.07. The third-order valence-corrected chi connectivity index (χ3v) is 2.60. The van der Waals surface area contributed by atoms with Crippen LogP contribution in [0.1, 0.15) is 17.3 Å². The van der Waals surface area contributed by atoms with Crippen LogP contribution >= 0.6 is 11.3 Å². The Morgan fingerprint density at radius 2 is 2.14 bits per heavy atom. The molecule has 70 valence electrons. The van der Waals surface area contributed by atoms with Crippen LogP contribution in [0.3, 0.4) is 0 Å². The Morgan fingerprint density at radius 1 is 1.36 bits per heavy atom. The quantitative estimate of drug-likeness (QED) is 0.702. The van der Waals surface area contributed by atoms with Gasteiger partial charge in [0, 0.05) is 16.5 Å². The predicted molar refractivity (Wildman–Crippen MR) is 57.6 cm³/mol. The molecule has 0 spiro atoms. The molecule has 0 saturated carbocycles. The summed E-state index contributed by atoms with van der Waals surface area (Å²) in [5.41, 5.74) is 4.30. The largest absolute Gasteiger partial charge is 0.294 e. The highest BCUT2D eigenvalue weighted by atomic mass is 32.1. The lowest BCUT2D eigenvalue weighted by Gasteiger charge is -2.02. The number of benzene rings is 1. The fourth-order valence-electron chi connectivity index (χ4n) is 1.36. The maximum Gasteiger partial charge on any atom is 0.160 e. The number of carbonyl (C=O) groups is 1. The van der Waals surface area contributed by atoms with Crippen LogP contribution in [-0.2, 0) is 0 Å². The second kappa shape index (κ2) is 3.72. The Morgan fingerprint density at radius 3 is 2.79 bits per heavy atom. The number of hydrogen-bond acceptors (Lipinski definition) is 3. The summed E-state index contributed by atoms with van der Waals surface area (Å²) in [6.45, 7) is 1.57. The zero-order valence-corrected chi connectivity index (χ0v) is 8.54. The summed E-state index contributed by atoms with van der Waals surface area (Å²) < 4.78 is 0. The number of thiazole rings is 1. The molecule has 0 bridgehead atoms. The van der Waals surface area contributed by atoms with Crippen LogP contribution in [0.2, 0.25) is 0 Å². The highest BCUT2D eigenvalue weighted by Gasteiger charge is 2.08. The highest BCUT2D eigenvalue weighted by Crippen LogP contribution is 2.23. The molecule has 0 amide bonds. The van der Waals surface area contributed by atoms with Gasteiger partial charge in [0.15, 0.2) is 5.78 Å². The molecular formula is C11H9NOS. The Kier molecular flexibility index (Phi) is 2.41. The molecule has 14 heavy (non-hydrogen) atoms. The number of aromatic nitrogens is 1. The minimum absolute atomic E-state index is 0.0774. The lowest BCUT2D eigenvalue weighted by Crippen LogP contribution is -1.95. The number of hydrogen-bond donors (Lipinski definition) is 0. The van der Waals surface area contributed by atoms with Crippen LogP contribution in [0, 0.1) is 0 Å². The fourth-order valence-corrected chi connectivity index (χ4v) is 1.91. The minimum atomic E-state index is 0.0774. The van der Waals surface area contributed by atoms with Gasteiger partial charge < -0.3 is 0 Å². The van der Waals surface area contributed by atoms with E-state index in [2.05, 4.69) is 4.98 Å². The second-order valence-electron chi connectivity index (χ2n) is 2.98. The van der Waals surface area contributed by atoms with Gasteiger partial charge in [0.25, 0.3) is 0 Å². The number of rotatable bonds is 2. The summed E-state index contributed by atoms with van der Waals surface area (Å²) in [7, 11) is 0. The van der Waals surface area contributed by atoms with E-state index in [1.54, 1.807) is 12.4 Å². The van der Waals surface area contributed by atoms with Crippen LogP contribution in [0.15, 0.2) is 35.2 Å². The molecule has 0 atom stereocenters. The second-order valence-corrected chi connectivity index (χ2v) is 3.69. The van der Waals surface area contributed by atoms with Gasteiger partial charge in [0.2, 0.25) is 0 Å². The molecule has 2 aromatic rings. The summed E-state index contributed by atoms with van der Waals surface area (Å²) in [4.78, 5) is 15.5. The van der Waals surface area contributed by atoms with Gasteiger partial charge in [-0.25, -0.2) is 4.98 Å². The van der Waals surface area contributed by atoms with E-state index in [0.717, 1.165) is 16.8 Å². The van der Waals surface area contributed by atoms with E-state index in [0.29, 0.717) is 0 Å². The lowest BCUT2D eigenvalue weighted by molar-refractivity contribution is 0.101. The summed E-state index contributed by atoms with van der Waals surface area (Å²) in [6.07, 6.45) is 0. The Labute approximate surface area is 86.2 Å². The molecule has 0 fully saturated rings. The summed E-state index contributed by atoms with van der Waals surface area (Å²) in [5, 5.41) is 1.95. The number of Topliss-reactive ketones (excluding diaryl/α,β-unsaturated/α-hetero) is 1. The van der Waals surface area contributed by atoms with Gasteiger partial charge in [-0.1, -0.05) is 24.3 Å². The maximum absolute atomic E-state index is 11.3. The van der Waals surface area contributed by atoms with Gasteiger partial charge in [0.1, 0.15) is 0 Å². The van der Waals surface area contributed by atoms with Gasteiger partial charge in [-0.2, -0.15) is 0 Å². The lowest BCUT2D eigenvalue weighted by atomic mass is 10.0. The van der Waals surface area contributed by atoms with Gasteiger partial charge >= 0.3 is 0 Å². The van der Waals surface area contributed by atoms with Crippen LogP contribution in [-0.4, -0.2) is 10.8 Å². The first-order valence-corrected chi connectivity index (χ1v) is 5.22. The molecule has 0 aliphatic carbocycles. The van der Waals surface area contributed by atoms with Crippen molar-refractivity contribution in [1.29, 1.82) is 0 Å². The van der Waals surface area contributed by atoms with E-state index in [1.807, 2.05) is 29.6 Å². The van der Waals surface area contributed by atoms with Crippen molar-refractivity contribution in [2.75, 3.05) is 0 Å². The summed E-state index contributed by atoms with van der Waals surface area (Å²) in [6, 6.07) is 7.54. The van der Waals surface area contributed by atoms with Crippen molar-refractivity contribution in [1.82, 2.24) is 4.98 Å². The average Bonchev–Trinajstić information content (AvgIpc) is 2.70. The first kappa shape index (κ1) is 9.09. The number of carbonyl (C=O) groups excluding carboxylic acids is 1. The Balaban J connectivity index is 2.58. The van der Waals surface area contributed by atoms with Crippen molar-refractivity contribution < 1.29 is 4.79 Å². The predicted octanol–water partition coefficient (Wildman–Crippen LogP) is 3.01. The monoisotopic (exact) mass is 203 g/mol. The smallest absolute Gasteiger partial charge is 0.160 e. The minimum Gasteiger partial charge on any atom is -0.294 e. The normalized spacial score (nSPS) is 10.1. The molecular weight excluding hydrogens is 194 g/mol. The third kappa shape index (κ3) is 1.59. The third-order valence-electron chi connectivity index (χ3n) is 2.01. The molecule has 1 heterocycles. The molecule has 0 aliphatic rings. The summed E-state index contributed by atoms with van der Waals surface area (Å²) >= 11 is 1.53. The maximum atomic E-state index is 11.3. The summed E-state index contributed by atoms with van der Waals surface area (Å²) in [5.74, 6) is 0.0774. The van der Waals surface area contributed by atoms with Crippen molar-refractivity contribution in [3.05, 3.63) is 40.7 Å². The topological polar surface area (TPSA) is 30.0 Å². The van der Waals surface area contributed by atoms with E-state index in [-0.39, 0.29) is 5.78 Å². The van der Waals surface area contributed by atoms with Gasteiger partial charge in [0.05, 0.1) is 11.2 Å². The van der Waals surface area contributed by atoms with Crippen molar-refractivity contribution >= 4 is 17.1 Å². The van der Waals surface area contributed by atoms with Gasteiger partial charge in [-0.05, 0) is 6.92 Å². The first-order chi connectivity index (χ1) is 6.79. The molecule has 0 radical (unpaired) electrons. The molecule has 0 saturated heterocycles. The zero-order chi connectivity index (χ0) is 9.97. The standard InChI is InChI=1S/C11H9NOS/c1-8(13)9-4-2-3-5-10(9)11-6-14-7-12-11/h2-7H,1H3. The molecule has 2 nitrogen and oxygen atoms in total. The van der Waals surface area contributed by atoms with Gasteiger partial charge in [-0.15, -0.1) is 11.3 Å². The molecule has 3 heteroatoms. The van der Waals surface area contributed by atoms with Crippen LogP contribution in [0.25, 0.3) is 11.3 Å². The van der Waals surface area contributed by atoms with Gasteiger partial charge in [-0.3, -0.25) is 4.79 Å². The Bertz CT molecular complexity index is 448. The van der Waals surface area contributed by atoms with Crippen molar-refractivity contribution in [3.63, 3.8) is 0 Å². The number of ketones is 1. The number of nitrogens with zero attached hydrogens (tertiary/aromatic N) is 1. The van der Waals surface area contributed by atoms with Crippen molar-refractivity contribution in [2.45, 2.75) is 6.92 Å². The fraction of sp³-hybridized carbons (Fsp3) is 0.0909. The van der Waals surface area contributed by atoms with E-state index in [9.17, 15) is 4.79 Å². The zero-order valence-electron chi connectivity index (χ0n) is 7.73. The molecule has 1 aromatic carbocycles. The van der Waals surface area contributed by atoms with Crippen molar-refractivity contribution in [3.8, 4) is 11.3 Å². The van der Waals surface area contributed by atoms with E-state index in [4.69, 9.17) is 0 Å². The molecule has 0 N–H and O–H groups in total. The Hall–Kier alpha value is -1.48. The average molecular weight is 203 g/mol. The molecule has 1 aromatic heterocycles. The molecule has 0 aliphatic heterocycles. The molecule has 2 rings (SSSR count). The SMILES string of the molecule is CC(=O)c1ccccc1-c1cscn1. The van der Waals surface area contributed by atoms with E-state index >= 15 is 0 Å². The van der Waals surface area contributed by atoms with E-state index in [1.165, 1.54) is 11.3 Å². The van der Waals surface area contributed by atoms with Crippen LogP contribution in [0.5, 0.6) is 0 Å². The van der Waals surface area contributed by atoms with Crippen LogP contribution in [0.4, 0.5) is 0 Å².